The highest BCUT2D eigenvalue weighted by molar-refractivity contribution is 5.71. The molecule has 1 atom stereocenters. The molecular weight excluding hydrogens is 925 g/mol. The molecule has 0 N–H and O–H groups in total. The molecule has 75 heavy (non-hydrogen) atoms. The van der Waals surface area contributed by atoms with E-state index in [1.165, 1.54) is 57.8 Å². The number of hydrogen-bond donors (Lipinski definition) is 0. The van der Waals surface area contributed by atoms with Gasteiger partial charge in [-0.05, 0) is 135 Å². The highest BCUT2D eigenvalue weighted by atomic mass is 16.6. The number of unbranched alkanes of at least 4 members (excludes halogenated alkanes) is 18. The van der Waals surface area contributed by atoms with Gasteiger partial charge in [-0.25, -0.2) is 0 Å². The Bertz CT molecular complexity index is 1660. The maximum Gasteiger partial charge on any atom is 0.306 e. The standard InChI is InChI=1S/C69H110O6/c1-4-7-10-13-16-19-22-24-26-28-30-31-32-33-34-35-36-37-39-40-42-44-47-50-53-56-59-62-68(71)74-65-66(64-73-67(70)61-58-55-52-49-46-21-18-15-12-9-6-3)75-69(72)63-60-57-54-51-48-45-43-41-38-29-27-25-23-20-17-14-11-8-5-2/h7-8,10-11,15-20,24-27,30-31,33-34,36-38,41,45,48,66H,4-6,9,12-14,21-23,28-29,32,35,39-40,42-44,46-47,49-65H2,1-3H3/b10-7-,11-8-,18-15-,19-16-,20-17-,26-24-,27-25-,31-30-,34-33-,37-36-,41-38-,48-45-. The fraction of sp³-hybridized carbons (Fsp3) is 0.609. The van der Waals surface area contributed by atoms with Gasteiger partial charge < -0.3 is 14.2 Å². The van der Waals surface area contributed by atoms with E-state index in [2.05, 4.69) is 167 Å². The summed E-state index contributed by atoms with van der Waals surface area (Å²) in [6.07, 6.45) is 88.5. The Morgan fingerprint density at radius 3 is 0.840 bits per heavy atom. The maximum atomic E-state index is 12.9. The normalized spacial score (nSPS) is 13.2. The number of ether oxygens (including phenoxy) is 3. The number of allylic oxidation sites excluding steroid dienone is 24. The van der Waals surface area contributed by atoms with Crippen LogP contribution in [0, 0.1) is 0 Å². The summed E-state index contributed by atoms with van der Waals surface area (Å²) in [6, 6.07) is 0. The maximum absolute atomic E-state index is 12.9. The first-order valence-electron chi connectivity index (χ1n) is 30.3. The Hall–Kier alpha value is -4.71. The Morgan fingerprint density at radius 2 is 0.520 bits per heavy atom. The summed E-state index contributed by atoms with van der Waals surface area (Å²) in [4.78, 5) is 38.2. The van der Waals surface area contributed by atoms with Crippen molar-refractivity contribution in [3.05, 3.63) is 146 Å². The van der Waals surface area contributed by atoms with E-state index in [4.69, 9.17) is 14.2 Å². The van der Waals surface area contributed by atoms with Crippen molar-refractivity contribution >= 4 is 17.9 Å². The predicted molar refractivity (Wildman–Crippen MR) is 325 cm³/mol. The lowest BCUT2D eigenvalue weighted by atomic mass is 10.1. The van der Waals surface area contributed by atoms with Crippen LogP contribution >= 0.6 is 0 Å². The first kappa shape index (κ1) is 70.3. The Kier molecular flexibility index (Phi) is 58.0. The molecule has 0 bridgehead atoms. The molecule has 0 aliphatic heterocycles. The van der Waals surface area contributed by atoms with Gasteiger partial charge in [0.2, 0.25) is 0 Å². The van der Waals surface area contributed by atoms with Crippen LogP contribution in [0.25, 0.3) is 0 Å². The predicted octanol–water partition coefficient (Wildman–Crippen LogP) is 20.8. The third-order valence-corrected chi connectivity index (χ3v) is 12.3. The zero-order valence-corrected chi connectivity index (χ0v) is 48.3. The smallest absolute Gasteiger partial charge is 0.306 e. The van der Waals surface area contributed by atoms with Crippen LogP contribution in [-0.4, -0.2) is 37.2 Å². The lowest BCUT2D eigenvalue weighted by Crippen LogP contribution is -2.30. The zero-order valence-electron chi connectivity index (χ0n) is 48.3. The Morgan fingerprint density at radius 1 is 0.280 bits per heavy atom. The molecule has 422 valence electrons. The molecule has 1 unspecified atom stereocenters. The van der Waals surface area contributed by atoms with E-state index in [9.17, 15) is 14.4 Å². The minimum absolute atomic E-state index is 0.103. The first-order chi connectivity index (χ1) is 37.0. The van der Waals surface area contributed by atoms with E-state index >= 15 is 0 Å². The molecule has 0 aromatic rings. The number of esters is 3. The monoisotopic (exact) mass is 1030 g/mol. The third kappa shape index (κ3) is 60.0. The second-order valence-electron chi connectivity index (χ2n) is 19.5. The van der Waals surface area contributed by atoms with Gasteiger partial charge in [-0.1, -0.05) is 244 Å². The third-order valence-electron chi connectivity index (χ3n) is 12.3. The molecule has 0 rings (SSSR count). The van der Waals surface area contributed by atoms with Gasteiger partial charge in [0.15, 0.2) is 6.10 Å². The van der Waals surface area contributed by atoms with Gasteiger partial charge in [0.05, 0.1) is 0 Å². The largest absolute Gasteiger partial charge is 0.462 e. The topological polar surface area (TPSA) is 78.9 Å². The van der Waals surface area contributed by atoms with Crippen LogP contribution in [0.2, 0.25) is 0 Å². The van der Waals surface area contributed by atoms with E-state index in [1.54, 1.807) is 0 Å². The molecule has 0 aliphatic carbocycles. The highest BCUT2D eigenvalue weighted by Crippen LogP contribution is 2.14. The second kappa shape index (κ2) is 61.8. The molecule has 0 saturated heterocycles. The van der Waals surface area contributed by atoms with Gasteiger partial charge in [-0.15, -0.1) is 0 Å². The summed E-state index contributed by atoms with van der Waals surface area (Å²) in [7, 11) is 0. The van der Waals surface area contributed by atoms with Crippen molar-refractivity contribution in [2.45, 2.75) is 258 Å². The van der Waals surface area contributed by atoms with E-state index in [-0.39, 0.29) is 37.5 Å². The Labute approximate surface area is 461 Å². The molecule has 0 fully saturated rings. The summed E-state index contributed by atoms with van der Waals surface area (Å²) in [5.41, 5.74) is 0. The number of rotatable bonds is 53. The van der Waals surface area contributed by atoms with E-state index in [0.717, 1.165) is 154 Å². The van der Waals surface area contributed by atoms with Gasteiger partial charge in [0.1, 0.15) is 13.2 Å². The van der Waals surface area contributed by atoms with Gasteiger partial charge in [-0.2, -0.15) is 0 Å². The zero-order chi connectivity index (χ0) is 54.3. The fourth-order valence-corrected chi connectivity index (χ4v) is 7.81. The Balaban J connectivity index is 4.39. The molecule has 0 aromatic heterocycles. The van der Waals surface area contributed by atoms with Gasteiger partial charge in [-0.3, -0.25) is 14.4 Å². The quantitative estimate of drug-likeness (QED) is 0.0261. The van der Waals surface area contributed by atoms with Crippen molar-refractivity contribution in [1.29, 1.82) is 0 Å². The fourth-order valence-electron chi connectivity index (χ4n) is 7.81. The molecule has 0 aliphatic rings. The molecule has 0 saturated carbocycles. The molecule has 0 aromatic carbocycles. The van der Waals surface area contributed by atoms with Gasteiger partial charge in [0, 0.05) is 19.3 Å². The number of hydrogen-bond acceptors (Lipinski definition) is 6. The number of carbonyl (C=O) groups is 3. The van der Waals surface area contributed by atoms with Crippen LogP contribution < -0.4 is 0 Å². The molecule has 0 radical (unpaired) electrons. The second-order valence-corrected chi connectivity index (χ2v) is 19.5. The molecule has 0 amide bonds. The van der Waals surface area contributed by atoms with Gasteiger partial charge >= 0.3 is 17.9 Å². The van der Waals surface area contributed by atoms with Crippen molar-refractivity contribution in [2.24, 2.45) is 0 Å². The van der Waals surface area contributed by atoms with Crippen molar-refractivity contribution < 1.29 is 28.6 Å². The van der Waals surface area contributed by atoms with Crippen LogP contribution in [0.5, 0.6) is 0 Å². The summed E-state index contributed by atoms with van der Waals surface area (Å²) >= 11 is 0. The number of carbonyl (C=O) groups excluding carboxylic acids is 3. The van der Waals surface area contributed by atoms with Crippen LogP contribution in [0.4, 0.5) is 0 Å². The molecule has 0 heterocycles. The van der Waals surface area contributed by atoms with Crippen LogP contribution in [0.3, 0.4) is 0 Å². The lowest BCUT2D eigenvalue weighted by Gasteiger charge is -2.18. The molecular formula is C69H110O6. The van der Waals surface area contributed by atoms with Crippen LogP contribution in [-0.2, 0) is 28.6 Å². The first-order valence-corrected chi connectivity index (χ1v) is 30.3. The van der Waals surface area contributed by atoms with Crippen LogP contribution in [0.15, 0.2) is 146 Å². The summed E-state index contributed by atoms with van der Waals surface area (Å²) in [5, 5.41) is 0. The van der Waals surface area contributed by atoms with Crippen molar-refractivity contribution in [3.63, 3.8) is 0 Å². The molecule has 6 heteroatoms. The summed E-state index contributed by atoms with van der Waals surface area (Å²) < 4.78 is 16.8. The lowest BCUT2D eigenvalue weighted by molar-refractivity contribution is -0.167. The van der Waals surface area contributed by atoms with Crippen molar-refractivity contribution in [3.8, 4) is 0 Å². The van der Waals surface area contributed by atoms with E-state index in [0.29, 0.717) is 12.8 Å². The van der Waals surface area contributed by atoms with Crippen molar-refractivity contribution in [1.82, 2.24) is 0 Å². The van der Waals surface area contributed by atoms with Gasteiger partial charge in [0.25, 0.3) is 0 Å². The average molecular weight is 1040 g/mol. The van der Waals surface area contributed by atoms with Crippen LogP contribution in [0.1, 0.15) is 252 Å². The van der Waals surface area contributed by atoms with E-state index < -0.39 is 6.10 Å². The van der Waals surface area contributed by atoms with E-state index in [1.807, 2.05) is 0 Å². The molecule has 0 spiro atoms. The van der Waals surface area contributed by atoms with Crippen molar-refractivity contribution in [2.75, 3.05) is 13.2 Å². The molecule has 6 nitrogen and oxygen atoms in total. The highest BCUT2D eigenvalue weighted by Gasteiger charge is 2.19. The summed E-state index contributed by atoms with van der Waals surface area (Å²) in [5.74, 6) is -0.958. The average Bonchev–Trinajstić information content (AvgIpc) is 3.41. The minimum Gasteiger partial charge on any atom is -0.462 e. The summed E-state index contributed by atoms with van der Waals surface area (Å²) in [6.45, 7) is 6.32. The minimum atomic E-state index is -0.809. The SMILES string of the molecule is CC/C=C\C/C=C\C/C=C\C/C=C\C/C=C\C/C=C\CCCCCCCCCCC(=O)OCC(COC(=O)CCCCCCC/C=C\CCCC)OC(=O)CCCCC/C=C\C/C=C\C/C=C\C/C=C\C/C=C\CC.